The Balaban J connectivity index is 2.16. The van der Waals surface area contributed by atoms with Gasteiger partial charge in [-0.2, -0.15) is 13.2 Å². The summed E-state index contributed by atoms with van der Waals surface area (Å²) in [6, 6.07) is -0.280. The Bertz CT molecular complexity index is 754. The lowest BCUT2D eigenvalue weighted by molar-refractivity contribution is -0.190. The fourth-order valence-electron chi connectivity index (χ4n) is 3.21. The van der Waals surface area contributed by atoms with Gasteiger partial charge in [0.15, 0.2) is 6.61 Å². The second kappa shape index (κ2) is 9.28. The van der Waals surface area contributed by atoms with Crippen LogP contribution < -0.4 is 5.32 Å². The maximum absolute atomic E-state index is 12.5. The quantitative estimate of drug-likeness (QED) is 0.548. The maximum atomic E-state index is 12.5. The molecule has 0 unspecified atom stereocenters. The number of nitrogens with one attached hydrogen (secondary N) is 2. The number of allylic oxidation sites excluding steroid dienone is 3. The lowest BCUT2D eigenvalue weighted by Gasteiger charge is -2.39. The lowest BCUT2D eigenvalue weighted by atomic mass is 9.86. The van der Waals surface area contributed by atoms with Crippen molar-refractivity contribution in [1.29, 1.82) is 5.41 Å². The molecular weight excluding hydrogens is 387 g/mol. The van der Waals surface area contributed by atoms with Crippen LogP contribution in [0.3, 0.4) is 0 Å². The number of carbonyl (C=O) groups is 2. The number of carbonyl (C=O) groups excluding carboxylic acids is 2. The molecule has 1 saturated heterocycles. The molecule has 1 heterocycles. The van der Waals surface area contributed by atoms with Crippen LogP contribution in [0.4, 0.5) is 13.2 Å². The van der Waals surface area contributed by atoms with Crippen LogP contribution in [0, 0.1) is 11.3 Å². The van der Waals surface area contributed by atoms with E-state index in [1.54, 1.807) is 24.4 Å². The van der Waals surface area contributed by atoms with E-state index in [9.17, 15) is 22.8 Å². The second-order valence-electron chi connectivity index (χ2n) is 7.66. The third kappa shape index (κ3) is 6.47. The van der Waals surface area contributed by atoms with E-state index < -0.39 is 30.7 Å². The summed E-state index contributed by atoms with van der Waals surface area (Å²) in [4.78, 5) is 25.6. The van der Waals surface area contributed by atoms with Crippen molar-refractivity contribution in [3.63, 3.8) is 0 Å². The van der Waals surface area contributed by atoms with Crippen molar-refractivity contribution in [3.8, 4) is 0 Å². The van der Waals surface area contributed by atoms with Gasteiger partial charge >= 0.3 is 18.1 Å². The number of ether oxygens (including phenoxy) is 1. The van der Waals surface area contributed by atoms with Crippen LogP contribution in [-0.2, 0) is 14.3 Å². The van der Waals surface area contributed by atoms with Gasteiger partial charge in [0.25, 0.3) is 0 Å². The third-order valence-corrected chi connectivity index (χ3v) is 4.65. The summed E-state index contributed by atoms with van der Waals surface area (Å²) < 4.78 is 41.0. The Kier molecular flexibility index (Phi) is 7.26. The van der Waals surface area contributed by atoms with E-state index in [0.717, 1.165) is 6.42 Å². The molecule has 2 rings (SSSR count). The molecule has 1 fully saturated rings. The zero-order valence-electron chi connectivity index (χ0n) is 16.7. The van der Waals surface area contributed by atoms with Gasteiger partial charge < -0.3 is 20.4 Å². The smallest absolute Gasteiger partial charge is 0.422 e. The van der Waals surface area contributed by atoms with Crippen molar-refractivity contribution in [1.82, 2.24) is 10.2 Å². The number of nitrogens with zero attached hydrogens (tertiary/aromatic N) is 1. The molecule has 6 nitrogen and oxygen atoms in total. The minimum absolute atomic E-state index is 0.101. The molecular formula is C20H26F3N3O3. The highest BCUT2D eigenvalue weighted by Gasteiger charge is 2.38. The molecule has 29 heavy (non-hydrogen) atoms. The molecule has 1 aliphatic heterocycles. The van der Waals surface area contributed by atoms with Crippen molar-refractivity contribution in [2.45, 2.75) is 51.9 Å². The Hall–Kier alpha value is -2.58. The Labute approximate surface area is 168 Å². The second-order valence-corrected chi connectivity index (χ2v) is 7.66. The van der Waals surface area contributed by atoms with E-state index in [2.05, 4.69) is 10.1 Å². The van der Waals surface area contributed by atoms with Crippen LogP contribution in [0.15, 0.2) is 35.6 Å². The van der Waals surface area contributed by atoms with Gasteiger partial charge in [-0.25, -0.2) is 4.79 Å². The number of alkyl halides is 3. The highest BCUT2D eigenvalue weighted by atomic mass is 19.4. The SMILES string of the molecule is CC(C)N/C=C1/C=CC([C@@H]2CC[C@@H](C)CN2C(=O)C(=O)OCC(F)(F)F)=CC1=N. The molecule has 0 radical (unpaired) electrons. The molecule has 2 atom stereocenters. The molecule has 0 spiro atoms. The first-order valence-corrected chi connectivity index (χ1v) is 9.47. The third-order valence-electron chi connectivity index (χ3n) is 4.65. The standard InChI is InChI=1S/C20H26F3N3O3/c1-12(2)25-9-15-6-5-14(8-16(15)24)17-7-4-13(3)10-26(17)18(27)19(28)29-11-20(21,22)23/h5-6,8-9,12-13,17,24-25H,4,7,10-11H2,1-3H3/b15-9-,24-16?/t13-,17+/m1/s1. The Morgan fingerprint density at radius 1 is 1.34 bits per heavy atom. The van der Waals surface area contributed by atoms with Crippen molar-refractivity contribution in [3.05, 3.63) is 35.6 Å². The first-order valence-electron chi connectivity index (χ1n) is 9.47. The molecule has 0 bridgehead atoms. The van der Waals surface area contributed by atoms with Crippen molar-refractivity contribution in [2.75, 3.05) is 13.2 Å². The Morgan fingerprint density at radius 3 is 2.62 bits per heavy atom. The number of piperidine rings is 1. The van der Waals surface area contributed by atoms with Gasteiger partial charge in [0, 0.05) is 24.4 Å². The van der Waals surface area contributed by atoms with Crippen molar-refractivity contribution >= 4 is 17.6 Å². The normalized spacial score (nSPS) is 24.0. The van der Waals surface area contributed by atoms with E-state index >= 15 is 0 Å². The first-order chi connectivity index (χ1) is 13.5. The number of hydrogen-bond donors (Lipinski definition) is 2. The summed E-state index contributed by atoms with van der Waals surface area (Å²) in [7, 11) is 0. The summed E-state index contributed by atoms with van der Waals surface area (Å²) >= 11 is 0. The minimum atomic E-state index is -4.69. The average molecular weight is 413 g/mol. The lowest BCUT2D eigenvalue weighted by Crippen LogP contribution is -2.50. The van der Waals surface area contributed by atoms with Crippen LogP contribution >= 0.6 is 0 Å². The highest BCUT2D eigenvalue weighted by Crippen LogP contribution is 2.29. The number of amides is 1. The first kappa shape index (κ1) is 22.7. The molecule has 1 amide bonds. The number of hydrogen-bond acceptors (Lipinski definition) is 5. The topological polar surface area (TPSA) is 82.5 Å². The number of halogens is 3. The fraction of sp³-hybridized carbons (Fsp3) is 0.550. The van der Waals surface area contributed by atoms with Gasteiger partial charge in [0.2, 0.25) is 0 Å². The van der Waals surface area contributed by atoms with Gasteiger partial charge in [-0.1, -0.05) is 19.1 Å². The monoisotopic (exact) mass is 413 g/mol. The molecule has 0 saturated carbocycles. The summed E-state index contributed by atoms with van der Waals surface area (Å²) in [5, 5.41) is 11.3. The summed E-state index contributed by atoms with van der Waals surface area (Å²) in [5.41, 5.74) is 1.59. The van der Waals surface area contributed by atoms with E-state index in [-0.39, 0.29) is 24.2 Å². The summed E-state index contributed by atoms with van der Waals surface area (Å²) in [5.74, 6) is -2.50. The van der Waals surface area contributed by atoms with Gasteiger partial charge in [-0.3, -0.25) is 4.79 Å². The van der Waals surface area contributed by atoms with Crippen molar-refractivity contribution in [2.24, 2.45) is 5.92 Å². The predicted molar refractivity (Wildman–Crippen MR) is 102 cm³/mol. The molecule has 0 aromatic carbocycles. The van der Waals surface area contributed by atoms with Gasteiger partial charge in [0.05, 0.1) is 11.8 Å². The maximum Gasteiger partial charge on any atom is 0.422 e. The minimum Gasteiger partial charge on any atom is -0.449 e. The van der Waals surface area contributed by atoms with E-state index in [1.165, 1.54) is 4.90 Å². The van der Waals surface area contributed by atoms with Crippen LogP contribution in [0.5, 0.6) is 0 Å². The molecule has 0 aromatic rings. The van der Waals surface area contributed by atoms with Crippen LogP contribution in [0.2, 0.25) is 0 Å². The largest absolute Gasteiger partial charge is 0.449 e. The van der Waals surface area contributed by atoms with Gasteiger partial charge in [-0.05, 0) is 44.3 Å². The zero-order valence-corrected chi connectivity index (χ0v) is 16.7. The highest BCUT2D eigenvalue weighted by molar-refractivity contribution is 6.32. The average Bonchev–Trinajstić information content (AvgIpc) is 2.63. The Morgan fingerprint density at radius 2 is 2.03 bits per heavy atom. The van der Waals surface area contributed by atoms with Crippen LogP contribution in [0.1, 0.15) is 33.6 Å². The van der Waals surface area contributed by atoms with E-state index in [0.29, 0.717) is 17.6 Å². The number of likely N-dealkylation sites (tertiary alicyclic amines) is 1. The molecule has 160 valence electrons. The van der Waals surface area contributed by atoms with E-state index in [4.69, 9.17) is 5.41 Å². The summed E-state index contributed by atoms with van der Waals surface area (Å²) in [6.07, 6.45) is 3.52. The molecule has 2 aliphatic rings. The molecule has 2 N–H and O–H groups in total. The summed E-state index contributed by atoms with van der Waals surface area (Å²) in [6.45, 7) is 4.29. The van der Waals surface area contributed by atoms with Crippen LogP contribution in [-0.4, -0.2) is 53.9 Å². The van der Waals surface area contributed by atoms with Gasteiger partial charge in [-0.15, -0.1) is 0 Å². The molecule has 1 aliphatic carbocycles. The number of esters is 1. The fourth-order valence-corrected chi connectivity index (χ4v) is 3.21. The van der Waals surface area contributed by atoms with Crippen LogP contribution in [0.25, 0.3) is 0 Å². The number of rotatable bonds is 4. The molecule has 0 aromatic heterocycles. The molecule has 9 heteroatoms. The van der Waals surface area contributed by atoms with Crippen molar-refractivity contribution < 1.29 is 27.5 Å². The zero-order chi connectivity index (χ0) is 21.8. The van der Waals surface area contributed by atoms with E-state index in [1.807, 2.05) is 20.8 Å². The van der Waals surface area contributed by atoms with Gasteiger partial charge in [0.1, 0.15) is 0 Å². The predicted octanol–water partition coefficient (Wildman–Crippen LogP) is 3.12.